The first-order valence-electron chi connectivity index (χ1n) is 7.05. The summed E-state index contributed by atoms with van der Waals surface area (Å²) >= 11 is 0. The van der Waals surface area contributed by atoms with E-state index in [1.54, 1.807) is 6.20 Å². The highest BCUT2D eigenvalue weighted by atomic mass is 16.4. The number of aromatic nitrogens is 1. The average molecular weight is 268 g/mol. The predicted octanol–water partition coefficient (Wildman–Crippen LogP) is 3.38. The Morgan fingerprint density at radius 1 is 1.15 bits per heavy atom. The highest BCUT2D eigenvalue weighted by Gasteiger charge is 2.20. The van der Waals surface area contributed by atoms with Crippen molar-refractivity contribution in [2.75, 3.05) is 6.54 Å². The molecule has 4 rings (SSSR count). The fraction of sp³-hybridized carbons (Fsp3) is 0.312. The van der Waals surface area contributed by atoms with Crippen LogP contribution in [0.1, 0.15) is 18.7 Å². The maximum Gasteiger partial charge on any atom is 0.196 e. The molecule has 102 valence electrons. The first-order valence-corrected chi connectivity index (χ1v) is 7.05. The van der Waals surface area contributed by atoms with E-state index in [1.165, 1.54) is 12.8 Å². The molecule has 4 heteroatoms. The zero-order valence-electron chi connectivity index (χ0n) is 11.1. The van der Waals surface area contributed by atoms with Gasteiger partial charge in [-0.15, -0.1) is 0 Å². The summed E-state index contributed by atoms with van der Waals surface area (Å²) in [5.41, 5.74) is 0.871. The van der Waals surface area contributed by atoms with Crippen molar-refractivity contribution < 1.29 is 8.83 Å². The lowest BCUT2D eigenvalue weighted by Gasteiger charge is -1.98. The summed E-state index contributed by atoms with van der Waals surface area (Å²) < 4.78 is 11.5. The Hall–Kier alpha value is -2.07. The van der Waals surface area contributed by atoms with Crippen LogP contribution < -0.4 is 5.32 Å². The fourth-order valence-corrected chi connectivity index (χ4v) is 2.31. The Balaban J connectivity index is 1.51. The summed E-state index contributed by atoms with van der Waals surface area (Å²) in [7, 11) is 0. The van der Waals surface area contributed by atoms with Gasteiger partial charge in [0.2, 0.25) is 0 Å². The maximum absolute atomic E-state index is 5.77. The summed E-state index contributed by atoms with van der Waals surface area (Å²) in [6.45, 7) is 0.921. The van der Waals surface area contributed by atoms with Gasteiger partial charge in [-0.25, -0.2) is 4.98 Å². The molecule has 1 N–H and O–H groups in total. The summed E-state index contributed by atoms with van der Waals surface area (Å²) in [5.74, 6) is 2.19. The predicted molar refractivity (Wildman–Crippen MR) is 76.4 cm³/mol. The van der Waals surface area contributed by atoms with Crippen molar-refractivity contribution in [2.24, 2.45) is 0 Å². The van der Waals surface area contributed by atoms with Crippen molar-refractivity contribution >= 4 is 11.0 Å². The van der Waals surface area contributed by atoms with E-state index < -0.39 is 0 Å². The number of rotatable bonds is 5. The Labute approximate surface area is 116 Å². The van der Waals surface area contributed by atoms with Gasteiger partial charge in [-0.3, -0.25) is 0 Å². The summed E-state index contributed by atoms with van der Waals surface area (Å²) in [4.78, 5) is 4.31. The Kier molecular flexibility index (Phi) is 2.81. The minimum absolute atomic E-state index is 0.697. The Bertz CT molecular complexity index is 692. The van der Waals surface area contributed by atoms with E-state index in [0.717, 1.165) is 41.6 Å². The number of oxazole rings is 1. The molecule has 0 radical (unpaired) electrons. The van der Waals surface area contributed by atoms with E-state index in [1.807, 2.05) is 30.3 Å². The molecule has 0 unspecified atom stereocenters. The third-order valence-corrected chi connectivity index (χ3v) is 3.57. The average Bonchev–Trinajstić information content (AvgIpc) is 3.01. The van der Waals surface area contributed by atoms with E-state index >= 15 is 0 Å². The van der Waals surface area contributed by atoms with Gasteiger partial charge in [-0.05, 0) is 25.0 Å². The van der Waals surface area contributed by atoms with Crippen LogP contribution in [0.15, 0.2) is 45.4 Å². The topological polar surface area (TPSA) is 51.2 Å². The van der Waals surface area contributed by atoms with Gasteiger partial charge in [0.15, 0.2) is 17.4 Å². The molecule has 0 bridgehead atoms. The van der Waals surface area contributed by atoms with Gasteiger partial charge in [0, 0.05) is 24.4 Å². The number of nitrogens with zero attached hydrogens (tertiary/aromatic N) is 1. The molecule has 20 heavy (non-hydrogen) atoms. The van der Waals surface area contributed by atoms with Crippen molar-refractivity contribution in [3.63, 3.8) is 0 Å². The second-order valence-corrected chi connectivity index (χ2v) is 5.25. The van der Waals surface area contributed by atoms with Crippen molar-refractivity contribution in [1.29, 1.82) is 0 Å². The fourth-order valence-electron chi connectivity index (χ4n) is 2.31. The summed E-state index contributed by atoms with van der Waals surface area (Å²) in [6, 6.07) is 10.7. The van der Waals surface area contributed by atoms with Crippen LogP contribution in [-0.2, 0) is 6.42 Å². The van der Waals surface area contributed by atoms with Crippen molar-refractivity contribution in [2.45, 2.75) is 25.3 Å². The summed E-state index contributed by atoms with van der Waals surface area (Å²) in [6.07, 6.45) is 5.16. The molecule has 0 amide bonds. The number of nitrogens with one attached hydrogen (secondary N) is 1. The maximum atomic E-state index is 5.77. The zero-order valence-corrected chi connectivity index (χ0v) is 11.1. The molecular weight excluding hydrogens is 252 g/mol. The zero-order chi connectivity index (χ0) is 13.4. The highest BCUT2D eigenvalue weighted by Crippen LogP contribution is 2.28. The van der Waals surface area contributed by atoms with Gasteiger partial charge in [0.1, 0.15) is 5.58 Å². The lowest BCUT2D eigenvalue weighted by molar-refractivity contribution is 0.480. The smallest absolute Gasteiger partial charge is 0.196 e. The van der Waals surface area contributed by atoms with E-state index in [2.05, 4.69) is 10.3 Å². The van der Waals surface area contributed by atoms with Crippen LogP contribution in [0.25, 0.3) is 22.5 Å². The lowest BCUT2D eigenvalue weighted by Crippen LogP contribution is -2.19. The van der Waals surface area contributed by atoms with Gasteiger partial charge in [0.05, 0.1) is 6.20 Å². The monoisotopic (exact) mass is 268 g/mol. The molecule has 2 aromatic heterocycles. The molecule has 2 heterocycles. The largest absolute Gasteiger partial charge is 0.453 e. The van der Waals surface area contributed by atoms with Crippen LogP contribution in [0, 0.1) is 0 Å². The quantitative estimate of drug-likeness (QED) is 0.770. The molecule has 1 fully saturated rings. The first-order chi connectivity index (χ1) is 9.88. The van der Waals surface area contributed by atoms with Crippen molar-refractivity contribution in [3.05, 3.63) is 42.4 Å². The lowest BCUT2D eigenvalue weighted by atomic mass is 10.2. The van der Waals surface area contributed by atoms with E-state index in [9.17, 15) is 0 Å². The number of hydrogen-bond donors (Lipinski definition) is 1. The van der Waals surface area contributed by atoms with Gasteiger partial charge in [-0.2, -0.15) is 0 Å². The molecule has 1 aliphatic rings. The molecule has 4 nitrogen and oxygen atoms in total. The Morgan fingerprint density at radius 3 is 2.90 bits per heavy atom. The molecule has 0 saturated heterocycles. The van der Waals surface area contributed by atoms with Crippen molar-refractivity contribution in [1.82, 2.24) is 10.3 Å². The molecule has 1 saturated carbocycles. The molecule has 1 aliphatic carbocycles. The third kappa shape index (κ3) is 2.34. The second-order valence-electron chi connectivity index (χ2n) is 5.25. The van der Waals surface area contributed by atoms with Crippen LogP contribution in [0.2, 0.25) is 0 Å². The van der Waals surface area contributed by atoms with Crippen molar-refractivity contribution in [3.8, 4) is 11.5 Å². The molecular formula is C16H16N2O2. The SMILES string of the molecule is c1ccc2oc(-c3cnc(CCNC4CC4)o3)cc2c1. The van der Waals surface area contributed by atoms with E-state index in [0.29, 0.717) is 5.76 Å². The number of hydrogen-bond acceptors (Lipinski definition) is 4. The third-order valence-electron chi connectivity index (χ3n) is 3.57. The minimum Gasteiger partial charge on any atom is -0.453 e. The van der Waals surface area contributed by atoms with Crippen LogP contribution >= 0.6 is 0 Å². The van der Waals surface area contributed by atoms with Crippen LogP contribution in [0.3, 0.4) is 0 Å². The van der Waals surface area contributed by atoms with Crippen LogP contribution in [0.5, 0.6) is 0 Å². The van der Waals surface area contributed by atoms with Gasteiger partial charge in [-0.1, -0.05) is 18.2 Å². The molecule has 0 spiro atoms. The molecule has 0 atom stereocenters. The number of fused-ring (bicyclic) bond motifs is 1. The van der Waals surface area contributed by atoms with Gasteiger partial charge < -0.3 is 14.2 Å². The highest BCUT2D eigenvalue weighted by molar-refractivity contribution is 5.81. The minimum atomic E-state index is 0.697. The van der Waals surface area contributed by atoms with Crippen LogP contribution in [0.4, 0.5) is 0 Å². The van der Waals surface area contributed by atoms with E-state index in [4.69, 9.17) is 8.83 Å². The number of para-hydroxylation sites is 1. The molecule has 1 aromatic carbocycles. The second kappa shape index (κ2) is 4.80. The van der Waals surface area contributed by atoms with Gasteiger partial charge >= 0.3 is 0 Å². The normalized spacial score (nSPS) is 15.0. The standard InChI is InChI=1S/C16H16N2O2/c1-2-4-13-11(3-1)9-14(19-13)15-10-18-16(20-15)7-8-17-12-5-6-12/h1-4,9-10,12,17H,5-8H2. The summed E-state index contributed by atoms with van der Waals surface area (Å²) in [5, 5.41) is 4.53. The van der Waals surface area contributed by atoms with E-state index in [-0.39, 0.29) is 0 Å². The number of benzene rings is 1. The molecule has 3 aromatic rings. The number of furan rings is 1. The first kappa shape index (κ1) is 11.7. The van der Waals surface area contributed by atoms with Gasteiger partial charge in [0.25, 0.3) is 0 Å². The van der Waals surface area contributed by atoms with Crippen LogP contribution in [-0.4, -0.2) is 17.6 Å². The molecule has 0 aliphatic heterocycles. The Morgan fingerprint density at radius 2 is 2.05 bits per heavy atom.